The number of rotatable bonds is 6. The van der Waals surface area contributed by atoms with Crippen LogP contribution in [0.4, 0.5) is 0 Å². The van der Waals surface area contributed by atoms with Gasteiger partial charge in [0.15, 0.2) is 0 Å². The van der Waals surface area contributed by atoms with Crippen LogP contribution in [0.5, 0.6) is 5.75 Å². The van der Waals surface area contributed by atoms with Gasteiger partial charge in [0.25, 0.3) is 0 Å². The Balaban J connectivity index is 1.51. The molecule has 1 aliphatic rings. The van der Waals surface area contributed by atoms with Gasteiger partial charge in [0.2, 0.25) is 0 Å². The molecule has 1 aliphatic heterocycles. The van der Waals surface area contributed by atoms with Gasteiger partial charge in [-0.2, -0.15) is 0 Å². The van der Waals surface area contributed by atoms with Gasteiger partial charge in [-0.15, -0.1) is 0 Å². The molecule has 3 aromatic rings. The predicted octanol–water partition coefficient (Wildman–Crippen LogP) is 5.17. The molecule has 28 heavy (non-hydrogen) atoms. The van der Waals surface area contributed by atoms with Crippen molar-refractivity contribution in [2.45, 2.75) is 38.3 Å². The van der Waals surface area contributed by atoms with Crippen molar-refractivity contribution < 1.29 is 4.74 Å². The van der Waals surface area contributed by atoms with Gasteiger partial charge < -0.3 is 15.4 Å². The normalized spacial score (nSPS) is 16.2. The van der Waals surface area contributed by atoms with E-state index in [9.17, 15) is 0 Å². The zero-order valence-electron chi connectivity index (χ0n) is 16.9. The van der Waals surface area contributed by atoms with Crippen molar-refractivity contribution in [2.24, 2.45) is 0 Å². The number of hydrogen-bond donors (Lipinski definition) is 2. The van der Waals surface area contributed by atoms with Crippen molar-refractivity contribution in [2.75, 3.05) is 20.2 Å². The Morgan fingerprint density at radius 2 is 1.82 bits per heavy atom. The molecule has 0 aliphatic carbocycles. The first kappa shape index (κ1) is 19.0. The van der Waals surface area contributed by atoms with E-state index in [1.54, 1.807) is 7.11 Å². The Kier molecular flexibility index (Phi) is 5.94. The standard InChI is InChI=1S/C25H30N2O/c1-18(22-9-5-7-20-6-3-4-8-23(20)22)27-17-19-10-11-25(28-2)24(16-19)21-12-14-26-15-13-21/h3-11,16,18,21,26-27H,12-15,17H2,1-2H3. The van der Waals surface area contributed by atoms with E-state index in [4.69, 9.17) is 4.74 Å². The summed E-state index contributed by atoms with van der Waals surface area (Å²) >= 11 is 0. The van der Waals surface area contributed by atoms with E-state index in [1.807, 2.05) is 0 Å². The highest BCUT2D eigenvalue weighted by Gasteiger charge is 2.19. The highest BCUT2D eigenvalue weighted by atomic mass is 16.5. The molecule has 4 rings (SSSR count). The van der Waals surface area contributed by atoms with Gasteiger partial charge in [-0.1, -0.05) is 54.6 Å². The summed E-state index contributed by atoms with van der Waals surface area (Å²) in [5, 5.41) is 9.80. The third kappa shape index (κ3) is 4.06. The maximum Gasteiger partial charge on any atom is 0.122 e. The molecule has 1 atom stereocenters. The first-order valence-corrected chi connectivity index (χ1v) is 10.3. The molecule has 1 heterocycles. The van der Waals surface area contributed by atoms with Crippen molar-refractivity contribution in [1.82, 2.24) is 10.6 Å². The van der Waals surface area contributed by atoms with E-state index >= 15 is 0 Å². The summed E-state index contributed by atoms with van der Waals surface area (Å²) in [6.07, 6.45) is 2.36. The van der Waals surface area contributed by atoms with Crippen LogP contribution in [0.1, 0.15) is 48.4 Å². The molecule has 146 valence electrons. The number of hydrogen-bond acceptors (Lipinski definition) is 3. The largest absolute Gasteiger partial charge is 0.496 e. The smallest absolute Gasteiger partial charge is 0.122 e. The van der Waals surface area contributed by atoms with Crippen molar-refractivity contribution >= 4 is 10.8 Å². The summed E-state index contributed by atoms with van der Waals surface area (Å²) in [5.41, 5.74) is 4.03. The lowest BCUT2D eigenvalue weighted by Gasteiger charge is -2.25. The number of methoxy groups -OCH3 is 1. The average molecular weight is 375 g/mol. The minimum Gasteiger partial charge on any atom is -0.496 e. The fraction of sp³-hybridized carbons (Fsp3) is 0.360. The maximum absolute atomic E-state index is 5.66. The molecule has 1 saturated heterocycles. The molecular weight excluding hydrogens is 344 g/mol. The van der Waals surface area contributed by atoms with Crippen molar-refractivity contribution in [3.05, 3.63) is 77.4 Å². The SMILES string of the molecule is COc1ccc(CNC(C)c2cccc3ccccc23)cc1C1CCNCC1. The molecule has 3 heteroatoms. The summed E-state index contributed by atoms with van der Waals surface area (Å²) < 4.78 is 5.66. The second-order valence-electron chi connectivity index (χ2n) is 7.77. The van der Waals surface area contributed by atoms with Crippen LogP contribution in [-0.4, -0.2) is 20.2 Å². The molecule has 2 N–H and O–H groups in total. The fourth-order valence-electron chi connectivity index (χ4n) is 4.35. The van der Waals surface area contributed by atoms with Gasteiger partial charge >= 0.3 is 0 Å². The molecule has 1 fully saturated rings. The second kappa shape index (κ2) is 8.76. The first-order chi connectivity index (χ1) is 13.8. The molecule has 0 bridgehead atoms. The Hall–Kier alpha value is -2.36. The zero-order valence-corrected chi connectivity index (χ0v) is 16.9. The molecule has 3 nitrogen and oxygen atoms in total. The molecule has 0 amide bonds. The van der Waals surface area contributed by atoms with Gasteiger partial charge in [-0.3, -0.25) is 0 Å². The predicted molar refractivity (Wildman–Crippen MR) is 117 cm³/mol. The Bertz CT molecular complexity index is 925. The summed E-state index contributed by atoms with van der Waals surface area (Å²) in [4.78, 5) is 0. The third-order valence-corrected chi connectivity index (χ3v) is 5.98. The van der Waals surface area contributed by atoms with Crippen LogP contribution in [0.2, 0.25) is 0 Å². The number of ether oxygens (including phenoxy) is 1. The number of nitrogens with one attached hydrogen (secondary N) is 2. The van der Waals surface area contributed by atoms with E-state index in [1.165, 1.54) is 40.3 Å². The molecule has 0 saturated carbocycles. The molecule has 3 aromatic carbocycles. The summed E-state index contributed by atoms with van der Waals surface area (Å²) in [5.74, 6) is 1.62. The number of fused-ring (bicyclic) bond motifs is 1. The number of benzene rings is 3. The molecule has 1 unspecified atom stereocenters. The van der Waals surface area contributed by atoms with E-state index < -0.39 is 0 Å². The van der Waals surface area contributed by atoms with Gasteiger partial charge in [0, 0.05) is 12.6 Å². The third-order valence-electron chi connectivity index (χ3n) is 5.98. The van der Waals surface area contributed by atoms with Crippen LogP contribution in [0.15, 0.2) is 60.7 Å². The van der Waals surface area contributed by atoms with Gasteiger partial charge in [-0.25, -0.2) is 0 Å². The quantitative estimate of drug-likeness (QED) is 0.625. The van der Waals surface area contributed by atoms with E-state index in [2.05, 4.69) is 78.2 Å². The lowest BCUT2D eigenvalue weighted by Crippen LogP contribution is -2.27. The van der Waals surface area contributed by atoms with E-state index in [0.717, 1.165) is 25.4 Å². The van der Waals surface area contributed by atoms with Gasteiger partial charge in [-0.05, 0) is 72.3 Å². The number of piperidine rings is 1. The van der Waals surface area contributed by atoms with Crippen molar-refractivity contribution in [3.8, 4) is 5.75 Å². The summed E-state index contributed by atoms with van der Waals surface area (Å²) in [6.45, 7) is 5.29. The first-order valence-electron chi connectivity index (χ1n) is 10.3. The summed E-state index contributed by atoms with van der Waals surface area (Å²) in [6, 6.07) is 22.1. The molecule has 0 radical (unpaired) electrons. The molecular formula is C25H30N2O. The molecule has 0 aromatic heterocycles. The van der Waals surface area contributed by atoms with Crippen LogP contribution in [0.3, 0.4) is 0 Å². The van der Waals surface area contributed by atoms with Crippen LogP contribution in [0.25, 0.3) is 10.8 Å². The van der Waals surface area contributed by atoms with Crippen LogP contribution < -0.4 is 15.4 Å². The van der Waals surface area contributed by atoms with Crippen LogP contribution >= 0.6 is 0 Å². The minimum absolute atomic E-state index is 0.288. The zero-order chi connectivity index (χ0) is 19.3. The van der Waals surface area contributed by atoms with Crippen molar-refractivity contribution in [1.29, 1.82) is 0 Å². The maximum atomic E-state index is 5.66. The Morgan fingerprint density at radius 1 is 1.04 bits per heavy atom. The highest BCUT2D eigenvalue weighted by molar-refractivity contribution is 5.86. The van der Waals surface area contributed by atoms with E-state index in [-0.39, 0.29) is 6.04 Å². The van der Waals surface area contributed by atoms with Crippen LogP contribution in [-0.2, 0) is 6.54 Å². The lowest BCUT2D eigenvalue weighted by molar-refractivity contribution is 0.391. The van der Waals surface area contributed by atoms with Crippen LogP contribution in [0, 0.1) is 0 Å². The monoisotopic (exact) mass is 374 g/mol. The Labute approximate surface area is 168 Å². The average Bonchev–Trinajstić information content (AvgIpc) is 2.77. The van der Waals surface area contributed by atoms with Gasteiger partial charge in [0.1, 0.15) is 5.75 Å². The lowest BCUT2D eigenvalue weighted by atomic mass is 9.88. The Morgan fingerprint density at radius 3 is 2.64 bits per heavy atom. The molecule has 0 spiro atoms. The highest BCUT2D eigenvalue weighted by Crippen LogP contribution is 2.33. The van der Waals surface area contributed by atoms with E-state index in [0.29, 0.717) is 5.92 Å². The summed E-state index contributed by atoms with van der Waals surface area (Å²) in [7, 11) is 1.78. The topological polar surface area (TPSA) is 33.3 Å². The van der Waals surface area contributed by atoms with Crippen molar-refractivity contribution in [3.63, 3.8) is 0 Å². The fourth-order valence-corrected chi connectivity index (χ4v) is 4.35. The van der Waals surface area contributed by atoms with Gasteiger partial charge in [0.05, 0.1) is 7.11 Å². The second-order valence-corrected chi connectivity index (χ2v) is 7.77. The minimum atomic E-state index is 0.288.